The second-order valence-electron chi connectivity index (χ2n) is 6.06. The van der Waals surface area contributed by atoms with Gasteiger partial charge in [-0.3, -0.25) is 14.4 Å². The van der Waals surface area contributed by atoms with E-state index in [2.05, 4.69) is 16.0 Å². The van der Waals surface area contributed by atoms with Crippen LogP contribution in [-0.2, 0) is 16.1 Å². The van der Waals surface area contributed by atoms with Gasteiger partial charge >= 0.3 is 11.8 Å². The highest BCUT2D eigenvalue weighted by Crippen LogP contribution is 2.21. The highest BCUT2D eigenvalue weighted by atomic mass is 35.5. The topological polar surface area (TPSA) is 87.3 Å². The van der Waals surface area contributed by atoms with Gasteiger partial charge in [-0.15, -0.1) is 0 Å². The van der Waals surface area contributed by atoms with Crippen molar-refractivity contribution in [1.82, 2.24) is 10.6 Å². The van der Waals surface area contributed by atoms with Gasteiger partial charge in [-0.1, -0.05) is 35.9 Å². The lowest BCUT2D eigenvalue weighted by atomic mass is 10.1. The molecule has 0 spiro atoms. The number of benzene rings is 2. The minimum Gasteiger partial charge on any atom is -0.349 e. The molecule has 7 heteroatoms. The molecule has 2 aromatic rings. The van der Waals surface area contributed by atoms with E-state index < -0.39 is 11.8 Å². The van der Waals surface area contributed by atoms with E-state index in [1.807, 2.05) is 0 Å². The maximum absolute atomic E-state index is 12.2. The number of halogens is 1. The molecule has 26 heavy (non-hydrogen) atoms. The molecule has 0 heterocycles. The maximum atomic E-state index is 12.2. The van der Waals surface area contributed by atoms with Gasteiger partial charge in [0, 0.05) is 17.6 Å². The number of nitrogens with one attached hydrogen (secondary N) is 3. The first kappa shape index (κ1) is 17.9. The third kappa shape index (κ3) is 4.83. The molecule has 3 rings (SSSR count). The lowest BCUT2D eigenvalue weighted by Gasteiger charge is -2.11. The largest absolute Gasteiger partial charge is 0.349 e. The smallest absolute Gasteiger partial charge is 0.313 e. The van der Waals surface area contributed by atoms with Crippen molar-refractivity contribution in [1.29, 1.82) is 0 Å². The van der Waals surface area contributed by atoms with Gasteiger partial charge in [-0.25, -0.2) is 0 Å². The van der Waals surface area contributed by atoms with E-state index in [4.69, 9.17) is 11.6 Å². The van der Waals surface area contributed by atoms with E-state index in [1.54, 1.807) is 48.5 Å². The molecule has 0 bridgehead atoms. The van der Waals surface area contributed by atoms with Gasteiger partial charge in [0.1, 0.15) is 0 Å². The molecule has 0 aliphatic heterocycles. The van der Waals surface area contributed by atoms with Gasteiger partial charge in [0.15, 0.2) is 0 Å². The molecule has 1 fully saturated rings. The summed E-state index contributed by atoms with van der Waals surface area (Å²) in [6.45, 7) is 0.177. The Morgan fingerprint density at radius 3 is 2.50 bits per heavy atom. The third-order valence-corrected chi connectivity index (χ3v) is 4.12. The Morgan fingerprint density at radius 2 is 1.77 bits per heavy atom. The van der Waals surface area contributed by atoms with E-state index in [0.29, 0.717) is 16.3 Å². The van der Waals surface area contributed by atoms with Crippen LogP contribution in [0.1, 0.15) is 28.8 Å². The Morgan fingerprint density at radius 1 is 1.00 bits per heavy atom. The lowest BCUT2D eigenvalue weighted by molar-refractivity contribution is -0.136. The van der Waals surface area contributed by atoms with Crippen LogP contribution in [0.3, 0.4) is 0 Å². The predicted octanol–water partition coefficient (Wildman–Crippen LogP) is 2.49. The van der Waals surface area contributed by atoms with Crippen LogP contribution in [0.5, 0.6) is 0 Å². The zero-order chi connectivity index (χ0) is 18.5. The molecule has 3 amide bonds. The van der Waals surface area contributed by atoms with Crippen LogP contribution in [0.15, 0.2) is 48.5 Å². The molecule has 1 aliphatic rings. The average Bonchev–Trinajstić information content (AvgIpc) is 3.44. The Bertz CT molecular complexity index is 849. The molecule has 2 aromatic carbocycles. The van der Waals surface area contributed by atoms with E-state index >= 15 is 0 Å². The number of hydrogen-bond acceptors (Lipinski definition) is 3. The Labute approximate surface area is 155 Å². The normalized spacial score (nSPS) is 13.0. The summed E-state index contributed by atoms with van der Waals surface area (Å²) < 4.78 is 0. The predicted molar refractivity (Wildman–Crippen MR) is 98.9 cm³/mol. The molecule has 1 aliphatic carbocycles. The first-order valence-corrected chi connectivity index (χ1v) is 8.64. The van der Waals surface area contributed by atoms with Crippen LogP contribution >= 0.6 is 11.6 Å². The van der Waals surface area contributed by atoms with Gasteiger partial charge in [-0.2, -0.15) is 0 Å². The average molecular weight is 372 g/mol. The summed E-state index contributed by atoms with van der Waals surface area (Å²) in [5, 5.41) is 8.44. The molecule has 3 N–H and O–H groups in total. The third-order valence-electron chi connectivity index (χ3n) is 3.88. The van der Waals surface area contributed by atoms with Crippen LogP contribution in [0, 0.1) is 0 Å². The Kier molecular flexibility index (Phi) is 5.53. The quantitative estimate of drug-likeness (QED) is 0.706. The van der Waals surface area contributed by atoms with E-state index in [0.717, 1.165) is 18.4 Å². The van der Waals surface area contributed by atoms with Crippen molar-refractivity contribution >= 4 is 35.0 Å². The van der Waals surface area contributed by atoms with Gasteiger partial charge in [-0.05, 0) is 42.7 Å². The number of hydrogen-bond donors (Lipinski definition) is 3. The highest BCUT2D eigenvalue weighted by Gasteiger charge is 2.25. The van der Waals surface area contributed by atoms with Crippen LogP contribution < -0.4 is 16.0 Å². The highest BCUT2D eigenvalue weighted by molar-refractivity contribution is 6.40. The van der Waals surface area contributed by atoms with Crippen molar-refractivity contribution < 1.29 is 14.4 Å². The maximum Gasteiger partial charge on any atom is 0.313 e. The first-order chi connectivity index (χ1) is 12.5. The summed E-state index contributed by atoms with van der Waals surface area (Å²) >= 11 is 5.89. The summed E-state index contributed by atoms with van der Waals surface area (Å²) in [6, 6.07) is 13.8. The second-order valence-corrected chi connectivity index (χ2v) is 6.50. The number of amides is 3. The summed E-state index contributed by atoms with van der Waals surface area (Å²) in [5.41, 5.74) is 1.41. The Hall–Kier alpha value is -2.86. The minimum absolute atomic E-state index is 0.177. The molecule has 134 valence electrons. The molecule has 0 aromatic heterocycles. The van der Waals surface area contributed by atoms with Crippen LogP contribution in [-0.4, -0.2) is 23.8 Å². The van der Waals surface area contributed by atoms with Gasteiger partial charge in [0.05, 0.1) is 11.3 Å². The zero-order valence-electron chi connectivity index (χ0n) is 13.9. The lowest BCUT2D eigenvalue weighted by Crippen LogP contribution is -2.35. The number of rotatable bonds is 5. The fraction of sp³-hybridized carbons (Fsp3) is 0.211. The van der Waals surface area contributed by atoms with Crippen molar-refractivity contribution in [2.45, 2.75) is 25.4 Å². The van der Waals surface area contributed by atoms with E-state index in [-0.39, 0.29) is 18.5 Å². The molecular formula is C19H18ClN3O3. The van der Waals surface area contributed by atoms with E-state index in [9.17, 15) is 14.4 Å². The fourth-order valence-corrected chi connectivity index (χ4v) is 2.58. The van der Waals surface area contributed by atoms with Gasteiger partial charge in [0.25, 0.3) is 5.91 Å². The molecule has 1 saturated carbocycles. The molecule has 0 unspecified atom stereocenters. The van der Waals surface area contributed by atoms with E-state index in [1.165, 1.54) is 0 Å². The summed E-state index contributed by atoms with van der Waals surface area (Å²) in [6.07, 6.45) is 1.93. The van der Waals surface area contributed by atoms with Crippen molar-refractivity contribution in [3.63, 3.8) is 0 Å². The Balaban J connectivity index is 1.60. The number of para-hydroxylation sites is 1. The van der Waals surface area contributed by atoms with Gasteiger partial charge < -0.3 is 16.0 Å². The van der Waals surface area contributed by atoms with Crippen molar-refractivity contribution in [2.75, 3.05) is 5.32 Å². The summed E-state index contributed by atoms with van der Waals surface area (Å²) in [5.74, 6) is -1.89. The molecule has 6 nitrogen and oxygen atoms in total. The number of carbonyl (C=O) groups is 3. The molecule has 0 atom stereocenters. The van der Waals surface area contributed by atoms with Crippen LogP contribution in [0.25, 0.3) is 0 Å². The molecular weight excluding hydrogens is 354 g/mol. The molecule has 0 saturated heterocycles. The second kappa shape index (κ2) is 8.01. The number of anilines is 1. The monoisotopic (exact) mass is 371 g/mol. The van der Waals surface area contributed by atoms with Crippen LogP contribution in [0.4, 0.5) is 5.69 Å². The standard InChI is InChI=1S/C19H18ClN3O3/c20-13-5-3-4-12(10-13)11-21-18(25)19(26)23-16-7-2-1-6-15(16)17(24)22-14-8-9-14/h1-7,10,14H,8-9,11H2,(H,21,25)(H,22,24)(H,23,26). The SMILES string of the molecule is O=C(NCc1cccc(Cl)c1)C(=O)Nc1ccccc1C(=O)NC1CC1. The number of carbonyl (C=O) groups excluding carboxylic acids is 3. The van der Waals surface area contributed by atoms with Gasteiger partial charge in [0.2, 0.25) is 0 Å². The van der Waals surface area contributed by atoms with Crippen molar-refractivity contribution in [2.24, 2.45) is 0 Å². The first-order valence-electron chi connectivity index (χ1n) is 8.26. The minimum atomic E-state index is -0.835. The molecule has 0 radical (unpaired) electrons. The fourth-order valence-electron chi connectivity index (χ4n) is 2.37. The van der Waals surface area contributed by atoms with Crippen LogP contribution in [0.2, 0.25) is 5.02 Å². The summed E-state index contributed by atoms with van der Waals surface area (Å²) in [4.78, 5) is 36.4. The summed E-state index contributed by atoms with van der Waals surface area (Å²) in [7, 11) is 0. The zero-order valence-corrected chi connectivity index (χ0v) is 14.7. The van der Waals surface area contributed by atoms with Crippen molar-refractivity contribution in [3.05, 3.63) is 64.7 Å². The van der Waals surface area contributed by atoms with Crippen molar-refractivity contribution in [3.8, 4) is 0 Å².